The average molecular weight is 656 g/mol. The Morgan fingerprint density at radius 2 is 1.77 bits per heavy atom. The van der Waals surface area contributed by atoms with Crippen molar-refractivity contribution in [1.82, 2.24) is 40.2 Å². The minimum atomic E-state index is -4.70. The van der Waals surface area contributed by atoms with Crippen LogP contribution in [-0.2, 0) is 17.5 Å². The predicted molar refractivity (Wildman–Crippen MR) is 160 cm³/mol. The third-order valence-corrected chi connectivity index (χ3v) is 7.28. The monoisotopic (exact) mass is 655 g/mol. The molecule has 44 heavy (non-hydrogen) atoms. The van der Waals surface area contributed by atoms with Crippen molar-refractivity contribution in [2.24, 2.45) is 0 Å². The number of anilines is 1. The van der Waals surface area contributed by atoms with E-state index < -0.39 is 34.6 Å². The van der Waals surface area contributed by atoms with E-state index >= 15 is 0 Å². The number of fused-ring (bicyclic) bond motifs is 1. The number of hydrogen-bond donors (Lipinski definition) is 2. The van der Waals surface area contributed by atoms with Gasteiger partial charge >= 0.3 is 6.18 Å². The number of pyridine rings is 1. The van der Waals surface area contributed by atoms with E-state index in [0.717, 1.165) is 56.4 Å². The lowest BCUT2D eigenvalue weighted by atomic mass is 10.2. The molecule has 1 atom stereocenters. The second-order valence-electron chi connectivity index (χ2n) is 9.43. The summed E-state index contributed by atoms with van der Waals surface area (Å²) in [7, 11) is 0. The number of hydrogen-bond acceptors (Lipinski definition) is 10. The number of nitrogens with one attached hydrogen (secondary N) is 2. The number of unbranched alkanes of at least 4 members (excludes halogenated alkanes) is 1. The normalized spacial score (nSPS) is 12.0. The van der Waals surface area contributed by atoms with Gasteiger partial charge in [-0.25, -0.2) is 24.6 Å². The van der Waals surface area contributed by atoms with Crippen LogP contribution in [0.3, 0.4) is 0 Å². The largest absolute Gasteiger partial charge is 0.418 e. The summed E-state index contributed by atoms with van der Waals surface area (Å²) in [4.78, 5) is 41.6. The number of halogens is 4. The summed E-state index contributed by atoms with van der Waals surface area (Å²) >= 11 is 6.51. The zero-order valence-electron chi connectivity index (χ0n) is 24.6. The van der Waals surface area contributed by atoms with Gasteiger partial charge < -0.3 is 15.4 Å². The molecule has 1 unspecified atom stereocenters. The Morgan fingerprint density at radius 3 is 2.43 bits per heavy atom. The first-order valence-electron chi connectivity index (χ1n) is 13.9. The Bertz CT molecular complexity index is 1540. The first-order valence-corrected chi connectivity index (χ1v) is 15.1. The smallest absolute Gasteiger partial charge is 0.381 e. The molecule has 0 radical (unpaired) electrons. The molecule has 0 aliphatic carbocycles. The van der Waals surface area contributed by atoms with Crippen LogP contribution < -0.4 is 10.6 Å². The van der Waals surface area contributed by atoms with Gasteiger partial charge in [0.25, 0.3) is 11.8 Å². The Morgan fingerprint density at radius 1 is 1.05 bits per heavy atom. The number of alkyl halides is 3. The van der Waals surface area contributed by atoms with Gasteiger partial charge in [0.05, 0.1) is 22.8 Å². The van der Waals surface area contributed by atoms with Gasteiger partial charge in [-0.15, -0.1) is 16.4 Å². The quantitative estimate of drug-likeness (QED) is 0.172. The van der Waals surface area contributed by atoms with Gasteiger partial charge in [-0.2, -0.15) is 13.2 Å². The van der Waals surface area contributed by atoms with Crippen LogP contribution in [0.1, 0.15) is 90.2 Å². The fraction of sp³-hybridized carbons (Fsp3) is 0.481. The summed E-state index contributed by atoms with van der Waals surface area (Å²) in [5.41, 5.74) is -0.372. The van der Waals surface area contributed by atoms with Crippen molar-refractivity contribution in [2.75, 3.05) is 18.5 Å². The molecule has 12 nitrogen and oxygen atoms in total. The third kappa shape index (κ3) is 9.37. The fourth-order valence-corrected chi connectivity index (χ4v) is 4.65. The standard InChI is InChI=1S/C21H19ClF3N9O2S.C6H14O/c1-3-4-5-34-17-15(32-33-34)16(28-9-29-17)19(36)30-10(2)20-27-8-13(37-20)18(35)31-14-6-11(21(23,24)25)12(22)7-26-14;1-3-5-7-6-4-2/h6-10H,3-5H2,1-2H3,(H,30,36)(H,26,31,35);3-6H2,1-2H3. The van der Waals surface area contributed by atoms with Gasteiger partial charge in [-0.3, -0.25) is 9.59 Å². The summed E-state index contributed by atoms with van der Waals surface area (Å²) in [6.07, 6.45) is 2.72. The van der Waals surface area contributed by atoms with Gasteiger partial charge in [0.1, 0.15) is 22.0 Å². The van der Waals surface area contributed by atoms with Crippen LogP contribution in [0.25, 0.3) is 11.2 Å². The number of ether oxygens (including phenoxy) is 1. The maximum absolute atomic E-state index is 13.1. The molecule has 4 heterocycles. The Kier molecular flexibility index (Phi) is 12.9. The number of nitrogens with zero attached hydrogens (tertiary/aromatic N) is 7. The van der Waals surface area contributed by atoms with Gasteiger partial charge in [0.15, 0.2) is 16.9 Å². The molecule has 2 amide bonds. The molecule has 4 aromatic heterocycles. The zero-order valence-corrected chi connectivity index (χ0v) is 26.2. The van der Waals surface area contributed by atoms with Crippen molar-refractivity contribution < 1.29 is 27.5 Å². The second kappa shape index (κ2) is 16.4. The van der Waals surface area contributed by atoms with E-state index in [9.17, 15) is 22.8 Å². The van der Waals surface area contributed by atoms with E-state index in [-0.39, 0.29) is 21.9 Å². The fourth-order valence-electron chi connectivity index (χ4n) is 3.63. The Labute approximate surface area is 260 Å². The predicted octanol–water partition coefficient (Wildman–Crippen LogP) is 6.11. The topological polar surface area (TPSA) is 150 Å². The van der Waals surface area contributed by atoms with Crippen molar-refractivity contribution in [1.29, 1.82) is 0 Å². The summed E-state index contributed by atoms with van der Waals surface area (Å²) in [6, 6.07) is 0.0241. The van der Waals surface area contributed by atoms with Crippen LogP contribution in [-0.4, -0.2) is 60.0 Å². The molecule has 4 rings (SSSR count). The lowest BCUT2D eigenvalue weighted by Crippen LogP contribution is -2.27. The van der Waals surface area contributed by atoms with E-state index in [1.54, 1.807) is 11.6 Å². The van der Waals surface area contributed by atoms with E-state index in [2.05, 4.69) is 54.7 Å². The summed E-state index contributed by atoms with van der Waals surface area (Å²) < 4.78 is 45.9. The van der Waals surface area contributed by atoms with Crippen LogP contribution in [0.4, 0.5) is 19.0 Å². The molecule has 0 aliphatic rings. The molecular formula is C27H33ClF3N9O3S. The highest BCUT2D eigenvalue weighted by Gasteiger charge is 2.34. The molecule has 0 saturated heterocycles. The van der Waals surface area contributed by atoms with Crippen LogP contribution in [0.2, 0.25) is 5.02 Å². The van der Waals surface area contributed by atoms with Gasteiger partial charge in [-0.1, -0.05) is 44.0 Å². The number of rotatable bonds is 12. The SMILES string of the molecule is CCCCn1nnc2c(C(=O)NC(C)c3ncc(C(=O)Nc4cc(C(F)(F)F)c(Cl)cn4)s3)ncnc21.CCCOCCC. The first-order chi connectivity index (χ1) is 21.0. The van der Waals surface area contributed by atoms with Crippen LogP contribution in [0.15, 0.2) is 24.8 Å². The summed E-state index contributed by atoms with van der Waals surface area (Å²) in [5, 5.41) is 12.9. The van der Waals surface area contributed by atoms with Crippen LogP contribution in [0, 0.1) is 0 Å². The van der Waals surface area contributed by atoms with Gasteiger partial charge in [0.2, 0.25) is 0 Å². The molecule has 2 N–H and O–H groups in total. The van der Waals surface area contributed by atoms with E-state index in [1.165, 1.54) is 12.5 Å². The van der Waals surface area contributed by atoms with Crippen molar-refractivity contribution in [2.45, 2.75) is 72.1 Å². The maximum Gasteiger partial charge on any atom is 0.418 e. The van der Waals surface area contributed by atoms with E-state index in [0.29, 0.717) is 23.3 Å². The average Bonchev–Trinajstić information content (AvgIpc) is 3.65. The van der Waals surface area contributed by atoms with Crippen molar-refractivity contribution in [3.05, 3.63) is 51.0 Å². The van der Waals surface area contributed by atoms with Crippen molar-refractivity contribution in [3.8, 4) is 0 Å². The Balaban J connectivity index is 0.000000676. The lowest BCUT2D eigenvalue weighted by molar-refractivity contribution is -0.137. The lowest BCUT2D eigenvalue weighted by Gasteiger charge is -2.11. The number of amides is 2. The zero-order chi connectivity index (χ0) is 32.3. The minimum absolute atomic E-state index is 0.0448. The molecule has 0 spiro atoms. The number of aryl methyl sites for hydroxylation is 1. The summed E-state index contributed by atoms with van der Waals surface area (Å²) in [6.45, 7) is 10.4. The Hall–Kier alpha value is -3.76. The van der Waals surface area contributed by atoms with Crippen LogP contribution >= 0.6 is 22.9 Å². The molecule has 0 aromatic carbocycles. The highest BCUT2D eigenvalue weighted by atomic mass is 35.5. The van der Waals surface area contributed by atoms with Crippen LogP contribution in [0.5, 0.6) is 0 Å². The van der Waals surface area contributed by atoms with Gasteiger partial charge in [-0.05, 0) is 32.3 Å². The maximum atomic E-state index is 13.1. The molecule has 4 aromatic rings. The molecule has 0 bridgehead atoms. The summed E-state index contributed by atoms with van der Waals surface area (Å²) in [5.74, 6) is -1.57. The van der Waals surface area contributed by atoms with Gasteiger partial charge in [0, 0.05) is 26.0 Å². The van der Waals surface area contributed by atoms with Crippen molar-refractivity contribution >= 4 is 51.7 Å². The molecule has 238 valence electrons. The number of carbonyl (C=O) groups excluding carboxylic acids is 2. The molecule has 0 saturated carbocycles. The number of aromatic nitrogens is 7. The van der Waals surface area contributed by atoms with E-state index in [4.69, 9.17) is 16.3 Å². The highest BCUT2D eigenvalue weighted by Crippen LogP contribution is 2.35. The highest BCUT2D eigenvalue weighted by molar-refractivity contribution is 7.13. The second-order valence-corrected chi connectivity index (χ2v) is 10.9. The number of carbonyl (C=O) groups is 2. The molecular weight excluding hydrogens is 623 g/mol. The minimum Gasteiger partial charge on any atom is -0.381 e. The van der Waals surface area contributed by atoms with Crippen molar-refractivity contribution in [3.63, 3.8) is 0 Å². The first kappa shape index (κ1) is 34.7. The molecule has 0 aliphatic heterocycles. The molecule has 0 fully saturated rings. The van der Waals surface area contributed by atoms with E-state index in [1.807, 2.05) is 6.92 Å². The third-order valence-electron chi connectivity index (χ3n) is 5.80. The number of thiazole rings is 1. The molecule has 17 heteroatoms.